The molecule has 0 radical (unpaired) electrons. The van der Waals surface area contributed by atoms with E-state index in [0.717, 1.165) is 0 Å². The van der Waals surface area contributed by atoms with Gasteiger partial charge in [-0.1, -0.05) is 146 Å². The van der Waals surface area contributed by atoms with Gasteiger partial charge in [0.1, 0.15) is 23.2 Å². The maximum atomic E-state index is 2.34. The van der Waals surface area contributed by atoms with Gasteiger partial charge in [-0.15, -0.1) is 0 Å². The van der Waals surface area contributed by atoms with Crippen molar-refractivity contribution in [3.63, 3.8) is 0 Å². The van der Waals surface area contributed by atoms with Crippen LogP contribution >= 0.6 is 7.26 Å². The van der Waals surface area contributed by atoms with Crippen molar-refractivity contribution in [1.82, 2.24) is 0 Å². The SMILES string of the molecule is c1ccc(C(c2ccccc2)(c2ccccc2)[P+](c2ccccc2)(c2ccccc2)c2ccccc2)cc1. The summed E-state index contributed by atoms with van der Waals surface area (Å²) in [5.41, 5.74) is 3.88. The predicted molar refractivity (Wildman–Crippen MR) is 164 cm³/mol. The first-order chi connectivity index (χ1) is 18.9. The molecule has 0 saturated heterocycles. The molecule has 1 heteroatoms. The van der Waals surface area contributed by atoms with Gasteiger partial charge < -0.3 is 0 Å². The number of rotatable bonds is 7. The van der Waals surface area contributed by atoms with Crippen LogP contribution in [-0.4, -0.2) is 0 Å². The van der Waals surface area contributed by atoms with E-state index in [1.165, 1.54) is 32.6 Å². The first kappa shape index (κ1) is 24.1. The summed E-state index contributed by atoms with van der Waals surface area (Å²) < 4.78 is 0. The second-order valence-electron chi connectivity index (χ2n) is 9.49. The van der Waals surface area contributed by atoms with Crippen LogP contribution in [0.4, 0.5) is 0 Å². The van der Waals surface area contributed by atoms with Gasteiger partial charge in [0.05, 0.1) is 0 Å². The molecule has 0 nitrogen and oxygen atoms in total. The fraction of sp³-hybridized carbons (Fsp3) is 0.0270. The summed E-state index contributed by atoms with van der Waals surface area (Å²) in [6.45, 7) is 0. The lowest BCUT2D eigenvalue weighted by Crippen LogP contribution is -2.47. The molecular formula is C37H30P+. The molecular weight excluding hydrogens is 475 g/mol. The third-order valence-corrected chi connectivity index (χ3v) is 12.5. The van der Waals surface area contributed by atoms with Crippen molar-refractivity contribution >= 4 is 23.2 Å². The standard InChI is InChI=1S/C37H30P/c1-7-19-31(20-8-1)37(32-21-9-2-10-22-32,33-23-11-3-12-24-33)38(34-25-13-4-14-26-34,35-27-15-5-16-28-35)36-29-17-6-18-30-36/h1-30H/q+1. The fourth-order valence-corrected chi connectivity index (χ4v) is 11.6. The van der Waals surface area contributed by atoms with Gasteiger partial charge in [0.25, 0.3) is 0 Å². The normalized spacial score (nSPS) is 11.7. The van der Waals surface area contributed by atoms with Crippen LogP contribution in [0.3, 0.4) is 0 Å². The largest absolute Gasteiger partial charge is 0.168 e. The summed E-state index contributed by atoms with van der Waals surface area (Å²) in [7, 11) is -2.46. The highest BCUT2D eigenvalue weighted by Crippen LogP contribution is 2.74. The minimum Gasteiger partial charge on any atom is -0.0622 e. The van der Waals surface area contributed by atoms with Crippen LogP contribution in [-0.2, 0) is 5.16 Å². The van der Waals surface area contributed by atoms with Crippen molar-refractivity contribution < 1.29 is 0 Å². The molecule has 0 saturated carbocycles. The molecule has 6 aromatic carbocycles. The van der Waals surface area contributed by atoms with Crippen LogP contribution in [0.25, 0.3) is 0 Å². The van der Waals surface area contributed by atoms with Crippen LogP contribution in [0.5, 0.6) is 0 Å². The Morgan fingerprint density at radius 2 is 0.474 bits per heavy atom. The molecule has 0 heterocycles. The predicted octanol–water partition coefficient (Wildman–Crippen LogP) is 7.97. The highest BCUT2D eigenvalue weighted by atomic mass is 31.2. The lowest BCUT2D eigenvalue weighted by atomic mass is 9.84. The molecule has 0 amide bonds. The Morgan fingerprint density at radius 1 is 0.263 bits per heavy atom. The van der Waals surface area contributed by atoms with Crippen molar-refractivity contribution in [2.24, 2.45) is 0 Å². The van der Waals surface area contributed by atoms with Gasteiger partial charge in [-0.2, -0.15) is 0 Å². The van der Waals surface area contributed by atoms with Gasteiger partial charge in [-0.25, -0.2) is 0 Å². The van der Waals surface area contributed by atoms with Gasteiger partial charge in [0.15, 0.2) is 5.16 Å². The van der Waals surface area contributed by atoms with E-state index in [-0.39, 0.29) is 0 Å². The highest BCUT2D eigenvalue weighted by Gasteiger charge is 2.65. The molecule has 0 fully saturated rings. The zero-order chi connectivity index (χ0) is 25.7. The van der Waals surface area contributed by atoms with E-state index in [1.807, 2.05) is 0 Å². The lowest BCUT2D eigenvalue weighted by Gasteiger charge is -2.46. The summed E-state index contributed by atoms with van der Waals surface area (Å²) in [6, 6.07) is 67.1. The number of hydrogen-bond donors (Lipinski definition) is 0. The summed E-state index contributed by atoms with van der Waals surface area (Å²) >= 11 is 0. The van der Waals surface area contributed by atoms with E-state index in [2.05, 4.69) is 182 Å². The Balaban J connectivity index is 1.93. The van der Waals surface area contributed by atoms with Gasteiger partial charge in [-0.3, -0.25) is 0 Å². The maximum Gasteiger partial charge on any atom is 0.168 e. The molecule has 0 spiro atoms. The highest BCUT2D eigenvalue weighted by molar-refractivity contribution is 7.97. The molecule has 0 aromatic heterocycles. The average Bonchev–Trinajstić information content (AvgIpc) is 3.02. The van der Waals surface area contributed by atoms with Gasteiger partial charge in [0, 0.05) is 16.7 Å². The van der Waals surface area contributed by atoms with Crippen LogP contribution < -0.4 is 15.9 Å². The van der Waals surface area contributed by atoms with Crippen molar-refractivity contribution in [3.8, 4) is 0 Å². The van der Waals surface area contributed by atoms with Gasteiger partial charge >= 0.3 is 0 Å². The molecule has 0 aliphatic heterocycles. The quantitative estimate of drug-likeness (QED) is 0.152. The third kappa shape index (κ3) is 3.81. The van der Waals surface area contributed by atoms with E-state index in [9.17, 15) is 0 Å². The first-order valence-electron chi connectivity index (χ1n) is 13.1. The molecule has 0 aliphatic carbocycles. The lowest BCUT2D eigenvalue weighted by molar-refractivity contribution is 0.877. The maximum absolute atomic E-state index is 2.46. The molecule has 0 aliphatic rings. The number of benzene rings is 6. The van der Waals surface area contributed by atoms with Crippen molar-refractivity contribution in [2.45, 2.75) is 5.16 Å². The Kier molecular flexibility index (Phi) is 6.74. The van der Waals surface area contributed by atoms with Crippen LogP contribution in [0.1, 0.15) is 16.7 Å². The van der Waals surface area contributed by atoms with E-state index >= 15 is 0 Å². The van der Waals surface area contributed by atoms with Crippen LogP contribution in [0.15, 0.2) is 182 Å². The molecule has 0 N–H and O–H groups in total. The van der Waals surface area contributed by atoms with E-state index in [0.29, 0.717) is 0 Å². The molecule has 182 valence electrons. The fourth-order valence-electron chi connectivity index (χ4n) is 6.10. The summed E-state index contributed by atoms with van der Waals surface area (Å²) in [4.78, 5) is 0. The van der Waals surface area contributed by atoms with E-state index in [1.54, 1.807) is 0 Å². The van der Waals surface area contributed by atoms with E-state index < -0.39 is 12.4 Å². The minimum absolute atomic E-state index is 0.485. The monoisotopic (exact) mass is 505 g/mol. The molecule has 0 bridgehead atoms. The number of hydrogen-bond acceptors (Lipinski definition) is 0. The Labute approximate surface area is 226 Å². The average molecular weight is 506 g/mol. The van der Waals surface area contributed by atoms with E-state index in [4.69, 9.17) is 0 Å². The zero-order valence-electron chi connectivity index (χ0n) is 21.3. The smallest absolute Gasteiger partial charge is 0.0622 e. The topological polar surface area (TPSA) is 0 Å². The molecule has 0 atom stereocenters. The Hall–Kier alpha value is -4.25. The second kappa shape index (κ2) is 10.6. The van der Waals surface area contributed by atoms with Crippen molar-refractivity contribution in [1.29, 1.82) is 0 Å². The summed E-state index contributed by atoms with van der Waals surface area (Å²) in [5.74, 6) is 0. The van der Waals surface area contributed by atoms with Crippen LogP contribution in [0.2, 0.25) is 0 Å². The Morgan fingerprint density at radius 3 is 0.711 bits per heavy atom. The van der Waals surface area contributed by atoms with Crippen molar-refractivity contribution in [2.75, 3.05) is 0 Å². The molecule has 0 unspecified atom stereocenters. The first-order valence-corrected chi connectivity index (χ1v) is 14.9. The molecule has 38 heavy (non-hydrogen) atoms. The van der Waals surface area contributed by atoms with Gasteiger partial charge in [-0.05, 0) is 36.4 Å². The zero-order valence-corrected chi connectivity index (χ0v) is 22.2. The summed E-state index contributed by atoms with van der Waals surface area (Å²) in [6.07, 6.45) is 0. The minimum atomic E-state index is -2.46. The summed E-state index contributed by atoms with van der Waals surface area (Å²) in [5, 5.41) is 3.58. The van der Waals surface area contributed by atoms with Crippen LogP contribution in [0, 0.1) is 0 Å². The Bertz CT molecular complexity index is 1250. The molecule has 6 rings (SSSR count). The van der Waals surface area contributed by atoms with Gasteiger partial charge in [0.2, 0.25) is 0 Å². The molecule has 6 aromatic rings. The van der Waals surface area contributed by atoms with Crippen molar-refractivity contribution in [3.05, 3.63) is 199 Å². The third-order valence-electron chi connectivity index (χ3n) is 7.51. The second-order valence-corrected chi connectivity index (χ2v) is 13.0.